The molecule has 0 saturated heterocycles. The van der Waals surface area contributed by atoms with Gasteiger partial charge in [-0.25, -0.2) is 0 Å². The van der Waals surface area contributed by atoms with Crippen LogP contribution in [0.3, 0.4) is 0 Å². The summed E-state index contributed by atoms with van der Waals surface area (Å²) in [6.07, 6.45) is 3.62. The van der Waals surface area contributed by atoms with Crippen molar-refractivity contribution in [2.75, 3.05) is 13.7 Å². The maximum Gasteiger partial charge on any atom is 0.311 e. The minimum absolute atomic E-state index is 0.0909. The average Bonchev–Trinajstić information content (AvgIpc) is 2.92. The minimum Gasteiger partial charge on any atom is -0.497 e. The Morgan fingerprint density at radius 1 is 1.05 bits per heavy atom. The number of nitrogens with zero attached hydrogens (tertiary/aromatic N) is 1. The van der Waals surface area contributed by atoms with Crippen molar-refractivity contribution in [3.8, 4) is 29.1 Å². The lowest BCUT2D eigenvalue weighted by atomic mass is 9.81. The largest absolute Gasteiger partial charge is 0.497 e. The maximum absolute atomic E-state index is 13.0. The molecule has 0 amide bonds. The molecule has 7 heteroatoms. The van der Waals surface area contributed by atoms with Gasteiger partial charge in [0.1, 0.15) is 29.1 Å². The summed E-state index contributed by atoms with van der Waals surface area (Å²) in [7, 11) is 1.67. The number of ketones is 1. The van der Waals surface area contributed by atoms with E-state index in [2.05, 4.69) is 18.2 Å². The van der Waals surface area contributed by atoms with Crippen LogP contribution in [0.1, 0.15) is 57.8 Å². The average molecular weight is 498 g/mol. The molecular formula is C30H27NO6. The van der Waals surface area contributed by atoms with E-state index in [1.807, 2.05) is 6.07 Å². The predicted molar refractivity (Wildman–Crippen MR) is 136 cm³/mol. The molecule has 1 N–H and O–H groups in total. The zero-order valence-corrected chi connectivity index (χ0v) is 20.5. The molecule has 0 spiro atoms. The minimum atomic E-state index is -0.944. The number of hydrogen-bond donors (Lipinski definition) is 1. The van der Waals surface area contributed by atoms with Crippen LogP contribution in [0.25, 0.3) is 0 Å². The van der Waals surface area contributed by atoms with Gasteiger partial charge < -0.3 is 19.3 Å². The number of benzene rings is 3. The molecule has 2 atom stereocenters. The van der Waals surface area contributed by atoms with Gasteiger partial charge in [0.25, 0.3) is 0 Å². The van der Waals surface area contributed by atoms with Crippen molar-refractivity contribution in [2.45, 2.75) is 38.0 Å². The highest BCUT2D eigenvalue weighted by molar-refractivity contribution is 5.96. The van der Waals surface area contributed by atoms with Gasteiger partial charge >= 0.3 is 5.97 Å². The highest BCUT2D eigenvalue weighted by atomic mass is 16.5. The van der Waals surface area contributed by atoms with Crippen LogP contribution in [0, 0.1) is 17.2 Å². The molecule has 0 aromatic heterocycles. The summed E-state index contributed by atoms with van der Waals surface area (Å²) in [6, 6.07) is 18.2. The summed E-state index contributed by atoms with van der Waals surface area (Å²) in [5, 5.41) is 19.1. The summed E-state index contributed by atoms with van der Waals surface area (Å²) >= 11 is 0. The smallest absolute Gasteiger partial charge is 0.311 e. The number of aryl methyl sites for hydroxylation is 1. The van der Waals surface area contributed by atoms with Gasteiger partial charge in [0.15, 0.2) is 5.78 Å². The molecule has 0 fully saturated rings. The number of hydrogen-bond acceptors (Lipinski definition) is 6. The first-order valence-electron chi connectivity index (χ1n) is 12.4. The Bertz CT molecular complexity index is 1390. The third kappa shape index (κ3) is 5.14. The Morgan fingerprint density at radius 3 is 2.57 bits per heavy atom. The van der Waals surface area contributed by atoms with E-state index in [0.717, 1.165) is 25.0 Å². The van der Waals surface area contributed by atoms with Gasteiger partial charge in [-0.1, -0.05) is 6.07 Å². The van der Waals surface area contributed by atoms with Crippen molar-refractivity contribution in [1.82, 2.24) is 0 Å². The third-order valence-electron chi connectivity index (χ3n) is 7.19. The van der Waals surface area contributed by atoms with Crippen LogP contribution in [-0.2, 0) is 17.6 Å². The van der Waals surface area contributed by atoms with Crippen LogP contribution in [0.15, 0.2) is 54.6 Å². The lowest BCUT2D eigenvalue weighted by Crippen LogP contribution is -2.21. The van der Waals surface area contributed by atoms with E-state index in [-0.39, 0.29) is 23.7 Å². The summed E-state index contributed by atoms with van der Waals surface area (Å²) in [4.78, 5) is 24.6. The highest BCUT2D eigenvalue weighted by Gasteiger charge is 2.29. The zero-order chi connectivity index (χ0) is 25.9. The van der Waals surface area contributed by atoms with Crippen LogP contribution in [0.5, 0.6) is 23.0 Å². The van der Waals surface area contributed by atoms with Crippen molar-refractivity contribution < 1.29 is 28.9 Å². The fraction of sp³-hybridized carbons (Fsp3) is 0.300. The molecule has 0 saturated carbocycles. The second-order valence-corrected chi connectivity index (χ2v) is 9.52. The van der Waals surface area contributed by atoms with Gasteiger partial charge in [0.2, 0.25) is 0 Å². The molecule has 37 heavy (non-hydrogen) atoms. The first-order chi connectivity index (χ1) is 17.9. The van der Waals surface area contributed by atoms with Crippen LogP contribution in [0.4, 0.5) is 0 Å². The van der Waals surface area contributed by atoms with Crippen molar-refractivity contribution in [1.29, 1.82) is 5.26 Å². The van der Waals surface area contributed by atoms with E-state index in [4.69, 9.17) is 14.2 Å². The molecular weight excluding hydrogens is 470 g/mol. The molecule has 5 rings (SSSR count). The van der Waals surface area contributed by atoms with Gasteiger partial charge in [0.05, 0.1) is 25.2 Å². The van der Waals surface area contributed by atoms with E-state index in [1.54, 1.807) is 37.4 Å². The summed E-state index contributed by atoms with van der Waals surface area (Å²) in [5.41, 5.74) is 3.91. The van der Waals surface area contributed by atoms with Crippen molar-refractivity contribution in [3.05, 3.63) is 82.4 Å². The van der Waals surface area contributed by atoms with Gasteiger partial charge in [-0.3, -0.25) is 9.59 Å². The van der Waals surface area contributed by atoms with E-state index in [0.29, 0.717) is 41.4 Å². The normalized spacial score (nSPS) is 17.9. The molecule has 3 aromatic rings. The first-order valence-corrected chi connectivity index (χ1v) is 12.4. The zero-order valence-electron chi connectivity index (χ0n) is 20.5. The quantitative estimate of drug-likeness (QED) is 0.418. The number of carboxylic acid groups (broad SMARTS) is 1. The Hall–Kier alpha value is -4.31. The fourth-order valence-electron chi connectivity index (χ4n) is 5.17. The van der Waals surface area contributed by atoms with Crippen molar-refractivity contribution in [3.63, 3.8) is 0 Å². The molecule has 188 valence electrons. The molecule has 1 heterocycles. The molecule has 2 unspecified atom stereocenters. The van der Waals surface area contributed by atoms with Crippen LogP contribution in [0.2, 0.25) is 0 Å². The molecule has 0 bridgehead atoms. The lowest BCUT2D eigenvalue weighted by molar-refractivity contribution is -0.139. The Labute approximate surface area is 215 Å². The second kappa shape index (κ2) is 10.4. The maximum atomic E-state index is 13.0. The topological polar surface area (TPSA) is 106 Å². The lowest BCUT2D eigenvalue weighted by Gasteiger charge is -2.24. The number of nitriles is 1. The van der Waals surface area contributed by atoms with Gasteiger partial charge in [-0.05, 0) is 85.2 Å². The number of rotatable bonds is 7. The molecule has 3 aromatic carbocycles. The van der Waals surface area contributed by atoms with E-state index >= 15 is 0 Å². The Balaban J connectivity index is 1.26. The number of ether oxygens (including phenoxy) is 3. The number of carbonyl (C=O) groups excluding carboxylic acids is 1. The first kappa shape index (κ1) is 24.4. The van der Waals surface area contributed by atoms with Crippen LogP contribution < -0.4 is 14.2 Å². The summed E-state index contributed by atoms with van der Waals surface area (Å²) in [5.74, 6) is 0.760. The fourth-order valence-corrected chi connectivity index (χ4v) is 5.17. The monoisotopic (exact) mass is 497 g/mol. The van der Waals surface area contributed by atoms with Crippen molar-refractivity contribution in [2.24, 2.45) is 5.92 Å². The van der Waals surface area contributed by atoms with Crippen LogP contribution in [-0.4, -0.2) is 30.6 Å². The molecule has 2 aliphatic rings. The van der Waals surface area contributed by atoms with Gasteiger partial charge in [-0.2, -0.15) is 5.26 Å². The Kier molecular flexibility index (Phi) is 6.82. The van der Waals surface area contributed by atoms with Gasteiger partial charge in [0, 0.05) is 23.6 Å². The summed E-state index contributed by atoms with van der Waals surface area (Å²) < 4.78 is 16.9. The van der Waals surface area contributed by atoms with E-state index in [9.17, 15) is 20.0 Å². The Morgan fingerprint density at radius 2 is 1.84 bits per heavy atom. The number of methoxy groups -OCH3 is 1. The molecule has 1 aliphatic carbocycles. The SMILES string of the molecule is COc1ccc2c(c1)CCC(CC(=O)c1ccc(Oc3cc4c(cc3C#N)C(C(=O)O)CCO4)cc1)C2. The standard InChI is InChI=1S/C30H27NO6/c1-35-24-9-6-20-12-18(2-3-21(20)14-24)13-27(32)19-4-7-23(8-5-19)37-28-16-29-26(15-22(28)17-31)25(30(33)34)10-11-36-29/h4-9,14-16,18,25H,2-3,10-13H2,1H3,(H,33,34). The van der Waals surface area contributed by atoms with Crippen LogP contribution >= 0.6 is 0 Å². The third-order valence-corrected chi connectivity index (χ3v) is 7.19. The predicted octanol–water partition coefficient (Wildman–Crippen LogP) is 5.69. The number of carboxylic acids is 1. The molecule has 0 radical (unpaired) electrons. The molecule has 1 aliphatic heterocycles. The number of carbonyl (C=O) groups is 2. The highest BCUT2D eigenvalue weighted by Crippen LogP contribution is 2.40. The number of Topliss-reactive ketones (excluding diaryl/α,β-unsaturated/α-hetero) is 1. The van der Waals surface area contributed by atoms with E-state index < -0.39 is 11.9 Å². The number of aliphatic carboxylic acids is 1. The van der Waals surface area contributed by atoms with Gasteiger partial charge in [-0.15, -0.1) is 0 Å². The van der Waals surface area contributed by atoms with Crippen molar-refractivity contribution >= 4 is 11.8 Å². The molecule has 7 nitrogen and oxygen atoms in total. The summed E-state index contributed by atoms with van der Waals surface area (Å²) in [6.45, 7) is 0.285. The van der Waals surface area contributed by atoms with E-state index in [1.165, 1.54) is 17.2 Å². The second-order valence-electron chi connectivity index (χ2n) is 9.52. The number of fused-ring (bicyclic) bond motifs is 2.